The van der Waals surface area contributed by atoms with Gasteiger partial charge in [-0.2, -0.15) is 0 Å². The van der Waals surface area contributed by atoms with E-state index in [2.05, 4.69) is 19.9 Å². The molecule has 6 nitrogen and oxygen atoms in total. The van der Waals surface area contributed by atoms with Crippen LogP contribution in [0, 0.1) is 6.92 Å². The third kappa shape index (κ3) is 2.46. The highest BCUT2D eigenvalue weighted by Gasteiger charge is 2.31. The fraction of sp³-hybridized carbons (Fsp3) is 0.294. The highest BCUT2D eigenvalue weighted by molar-refractivity contribution is 5.97. The van der Waals surface area contributed by atoms with Crippen LogP contribution in [0.3, 0.4) is 0 Å². The molecule has 1 atom stereocenters. The second-order valence-corrected chi connectivity index (χ2v) is 5.84. The largest absolute Gasteiger partial charge is 0.342 e. The number of benzene rings is 1. The van der Waals surface area contributed by atoms with E-state index < -0.39 is 0 Å². The van der Waals surface area contributed by atoms with Crippen LogP contribution in [0.2, 0.25) is 0 Å². The second-order valence-electron chi connectivity index (χ2n) is 5.84. The lowest BCUT2D eigenvalue weighted by atomic mass is 10.1. The van der Waals surface area contributed by atoms with Gasteiger partial charge in [0.1, 0.15) is 5.82 Å². The summed E-state index contributed by atoms with van der Waals surface area (Å²) in [6.45, 7) is 2.66. The van der Waals surface area contributed by atoms with Crippen LogP contribution in [-0.4, -0.2) is 37.3 Å². The Hall–Kier alpha value is -2.76. The molecule has 3 heterocycles. The summed E-state index contributed by atoms with van der Waals surface area (Å²) < 4.78 is 0. The number of amides is 1. The number of carbonyl (C=O) groups is 1. The third-order valence-electron chi connectivity index (χ3n) is 4.29. The first-order valence-electron chi connectivity index (χ1n) is 7.75. The van der Waals surface area contributed by atoms with Crippen molar-refractivity contribution in [3.63, 3.8) is 0 Å². The number of aromatic nitrogens is 4. The van der Waals surface area contributed by atoms with E-state index in [0.29, 0.717) is 5.56 Å². The summed E-state index contributed by atoms with van der Waals surface area (Å²) in [6.07, 6.45) is 6.99. The lowest BCUT2D eigenvalue weighted by Gasteiger charge is -2.24. The first-order valence-corrected chi connectivity index (χ1v) is 7.75. The lowest BCUT2D eigenvalue weighted by Crippen LogP contribution is -2.31. The average molecular weight is 307 g/mol. The number of H-pyrrole nitrogens is 1. The number of hydrogen-bond donors (Lipinski definition) is 1. The third-order valence-corrected chi connectivity index (χ3v) is 4.29. The summed E-state index contributed by atoms with van der Waals surface area (Å²) in [6, 6.07) is 5.62. The average Bonchev–Trinajstić information content (AvgIpc) is 3.19. The summed E-state index contributed by atoms with van der Waals surface area (Å²) in [5, 5.41) is 0. The molecule has 116 valence electrons. The molecule has 0 spiro atoms. The van der Waals surface area contributed by atoms with Crippen LogP contribution >= 0.6 is 0 Å². The predicted octanol–water partition coefficient (Wildman–Crippen LogP) is 2.64. The zero-order valence-electron chi connectivity index (χ0n) is 12.9. The number of aryl methyl sites for hydroxylation is 1. The van der Waals surface area contributed by atoms with E-state index in [9.17, 15) is 4.79 Å². The fourth-order valence-electron chi connectivity index (χ4n) is 3.24. The van der Waals surface area contributed by atoms with Crippen molar-refractivity contribution >= 4 is 16.9 Å². The minimum atomic E-state index is 0.00963. The van der Waals surface area contributed by atoms with Gasteiger partial charge in [-0.3, -0.25) is 14.8 Å². The molecular formula is C17H17N5O. The maximum Gasteiger partial charge on any atom is 0.254 e. The Morgan fingerprint density at radius 2 is 2.26 bits per heavy atom. The normalized spacial score (nSPS) is 17.8. The topological polar surface area (TPSA) is 74.8 Å². The van der Waals surface area contributed by atoms with Crippen LogP contribution in [0.1, 0.15) is 40.8 Å². The molecule has 1 aliphatic heterocycles. The van der Waals surface area contributed by atoms with Gasteiger partial charge in [0.05, 0.1) is 29.0 Å². The maximum atomic E-state index is 12.9. The Labute approximate surface area is 133 Å². The van der Waals surface area contributed by atoms with Crippen molar-refractivity contribution in [2.45, 2.75) is 25.8 Å². The molecule has 0 aliphatic carbocycles. The minimum Gasteiger partial charge on any atom is -0.342 e. The first kappa shape index (κ1) is 13.9. The van der Waals surface area contributed by atoms with Crippen molar-refractivity contribution < 1.29 is 4.79 Å². The van der Waals surface area contributed by atoms with Crippen LogP contribution in [0.4, 0.5) is 0 Å². The smallest absolute Gasteiger partial charge is 0.254 e. The van der Waals surface area contributed by atoms with Gasteiger partial charge in [-0.1, -0.05) is 0 Å². The summed E-state index contributed by atoms with van der Waals surface area (Å²) >= 11 is 0. The van der Waals surface area contributed by atoms with Crippen molar-refractivity contribution in [1.82, 2.24) is 24.8 Å². The van der Waals surface area contributed by atoms with Crippen molar-refractivity contribution in [2.24, 2.45) is 0 Å². The zero-order valence-corrected chi connectivity index (χ0v) is 12.9. The number of likely N-dealkylation sites (tertiary alicyclic amines) is 1. The molecule has 1 N–H and O–H groups in total. The molecule has 0 saturated carbocycles. The van der Waals surface area contributed by atoms with Gasteiger partial charge in [-0.05, 0) is 38.0 Å². The molecule has 1 saturated heterocycles. The summed E-state index contributed by atoms with van der Waals surface area (Å²) in [7, 11) is 0. The van der Waals surface area contributed by atoms with Crippen LogP contribution in [0.25, 0.3) is 11.0 Å². The standard InChI is InChI=1S/C17H17N5O/c1-11-20-13-5-4-12(9-14(13)21-11)17(23)22-8-2-3-16(22)15-10-18-6-7-19-15/h4-7,9-10,16H,2-3,8H2,1H3,(H,20,21). The van der Waals surface area contributed by atoms with Gasteiger partial charge in [-0.25, -0.2) is 4.98 Å². The van der Waals surface area contributed by atoms with Crippen LogP contribution in [0.5, 0.6) is 0 Å². The molecule has 23 heavy (non-hydrogen) atoms. The molecule has 1 aliphatic rings. The molecule has 0 radical (unpaired) electrons. The highest BCUT2D eigenvalue weighted by atomic mass is 16.2. The van der Waals surface area contributed by atoms with Crippen LogP contribution in [-0.2, 0) is 0 Å². The molecule has 4 rings (SSSR count). The Morgan fingerprint density at radius 3 is 3.09 bits per heavy atom. The summed E-state index contributed by atoms with van der Waals surface area (Å²) in [4.78, 5) is 30.9. The number of nitrogens with one attached hydrogen (secondary N) is 1. The number of imidazole rings is 1. The van der Waals surface area contributed by atoms with Gasteiger partial charge in [0, 0.05) is 24.5 Å². The molecule has 2 aromatic heterocycles. The molecule has 6 heteroatoms. The molecule has 1 amide bonds. The van der Waals surface area contributed by atoms with Gasteiger partial charge in [0.15, 0.2) is 0 Å². The maximum absolute atomic E-state index is 12.9. The van der Waals surface area contributed by atoms with E-state index in [1.54, 1.807) is 18.6 Å². The number of hydrogen-bond acceptors (Lipinski definition) is 4. The van der Waals surface area contributed by atoms with Gasteiger partial charge in [0.2, 0.25) is 0 Å². The molecule has 0 bridgehead atoms. The number of fused-ring (bicyclic) bond motifs is 1. The van der Waals surface area contributed by atoms with Crippen molar-refractivity contribution in [3.05, 3.63) is 53.9 Å². The Kier molecular flexibility index (Phi) is 3.29. The first-order chi connectivity index (χ1) is 11.2. The Bertz CT molecular complexity index is 858. The minimum absolute atomic E-state index is 0.00963. The molecule has 1 fully saturated rings. The summed E-state index contributed by atoms with van der Waals surface area (Å²) in [5.74, 6) is 0.885. The van der Waals surface area contributed by atoms with Crippen molar-refractivity contribution in [3.8, 4) is 0 Å². The van der Waals surface area contributed by atoms with Crippen LogP contribution in [0.15, 0.2) is 36.8 Å². The second kappa shape index (κ2) is 5.46. The van der Waals surface area contributed by atoms with Crippen LogP contribution < -0.4 is 0 Å². The molecule has 1 unspecified atom stereocenters. The predicted molar refractivity (Wildman–Crippen MR) is 85.9 cm³/mol. The molecule has 1 aromatic carbocycles. The van der Waals surface area contributed by atoms with E-state index in [0.717, 1.165) is 41.9 Å². The van der Waals surface area contributed by atoms with E-state index in [4.69, 9.17) is 0 Å². The van der Waals surface area contributed by atoms with Crippen molar-refractivity contribution in [1.29, 1.82) is 0 Å². The number of carbonyl (C=O) groups excluding carboxylic acids is 1. The van der Waals surface area contributed by atoms with E-state index in [-0.39, 0.29) is 11.9 Å². The lowest BCUT2D eigenvalue weighted by molar-refractivity contribution is 0.0733. The van der Waals surface area contributed by atoms with Gasteiger partial charge >= 0.3 is 0 Å². The van der Waals surface area contributed by atoms with E-state index >= 15 is 0 Å². The number of aromatic amines is 1. The summed E-state index contributed by atoms with van der Waals surface area (Å²) in [5.41, 5.74) is 3.31. The Balaban J connectivity index is 1.66. The SMILES string of the molecule is Cc1nc2ccc(C(=O)N3CCCC3c3cnccn3)cc2[nH]1. The Morgan fingerprint density at radius 1 is 1.35 bits per heavy atom. The molecule has 3 aromatic rings. The quantitative estimate of drug-likeness (QED) is 0.789. The number of nitrogens with zero attached hydrogens (tertiary/aromatic N) is 4. The van der Waals surface area contributed by atoms with Gasteiger partial charge < -0.3 is 9.88 Å². The fourth-order valence-corrected chi connectivity index (χ4v) is 3.24. The monoisotopic (exact) mass is 307 g/mol. The van der Waals surface area contributed by atoms with Crippen molar-refractivity contribution in [2.75, 3.05) is 6.54 Å². The van der Waals surface area contributed by atoms with Gasteiger partial charge in [-0.15, -0.1) is 0 Å². The molecular weight excluding hydrogens is 290 g/mol. The van der Waals surface area contributed by atoms with E-state index in [1.165, 1.54) is 0 Å². The zero-order chi connectivity index (χ0) is 15.8. The highest BCUT2D eigenvalue weighted by Crippen LogP contribution is 2.31. The van der Waals surface area contributed by atoms with Gasteiger partial charge in [0.25, 0.3) is 5.91 Å². The number of rotatable bonds is 2. The van der Waals surface area contributed by atoms with E-state index in [1.807, 2.05) is 30.0 Å².